The van der Waals surface area contributed by atoms with Gasteiger partial charge in [-0.3, -0.25) is 0 Å². The number of azo groups is 1. The van der Waals surface area contributed by atoms with Crippen LogP contribution in [0.25, 0.3) is 0 Å². The Morgan fingerprint density at radius 2 is 2.07 bits per heavy atom. The maximum atomic E-state index is 5.97. The molecule has 0 unspecified atom stereocenters. The minimum atomic E-state index is 0.355. The lowest BCUT2D eigenvalue weighted by Gasteiger charge is -2.29. The van der Waals surface area contributed by atoms with Crippen molar-refractivity contribution >= 4 is 17.1 Å². The van der Waals surface area contributed by atoms with E-state index in [2.05, 4.69) is 25.4 Å². The number of hydrogen-bond acceptors (Lipinski definition) is 8. The van der Waals surface area contributed by atoms with Crippen LogP contribution >= 0.6 is 0 Å². The third kappa shape index (κ3) is 5.64. The predicted molar refractivity (Wildman–Crippen MR) is 111 cm³/mol. The van der Waals surface area contributed by atoms with Crippen LogP contribution in [0.3, 0.4) is 0 Å². The van der Waals surface area contributed by atoms with Gasteiger partial charge in [0.2, 0.25) is 5.88 Å². The molecule has 1 fully saturated rings. The van der Waals surface area contributed by atoms with Gasteiger partial charge in [0, 0.05) is 31.4 Å². The van der Waals surface area contributed by atoms with Crippen LogP contribution in [-0.2, 0) is 11.3 Å². The third-order valence-corrected chi connectivity index (χ3v) is 4.41. The van der Waals surface area contributed by atoms with E-state index in [1.165, 1.54) is 0 Å². The molecule has 3 N–H and O–H groups in total. The van der Waals surface area contributed by atoms with Crippen LogP contribution in [0.2, 0.25) is 0 Å². The monoisotopic (exact) mass is 384 g/mol. The Labute approximate surface area is 165 Å². The summed E-state index contributed by atoms with van der Waals surface area (Å²) < 4.78 is 11.2. The second-order valence-corrected chi connectivity index (χ2v) is 6.67. The van der Waals surface area contributed by atoms with Crippen molar-refractivity contribution in [3.8, 4) is 5.88 Å². The summed E-state index contributed by atoms with van der Waals surface area (Å²) in [6, 6.07) is 9.73. The Hall–Kier alpha value is -2.71. The lowest BCUT2D eigenvalue weighted by atomic mass is 10.2. The number of nitrogens with one attached hydrogen (secondary N) is 1. The van der Waals surface area contributed by atoms with Crippen LogP contribution < -0.4 is 20.7 Å². The number of benzene rings is 1. The van der Waals surface area contributed by atoms with Gasteiger partial charge >= 0.3 is 0 Å². The topological polar surface area (TPSA) is 97.4 Å². The number of likely N-dealkylation sites (N-methyl/N-ethyl adjacent to an activating group) is 1. The van der Waals surface area contributed by atoms with Crippen LogP contribution in [0.15, 0.2) is 40.6 Å². The van der Waals surface area contributed by atoms with Gasteiger partial charge in [-0.05, 0) is 37.7 Å². The minimum Gasteiger partial charge on any atom is -0.476 e. The van der Waals surface area contributed by atoms with Crippen molar-refractivity contribution < 1.29 is 9.47 Å². The molecule has 0 radical (unpaired) electrons. The Morgan fingerprint density at radius 3 is 2.86 bits per heavy atom. The highest BCUT2D eigenvalue weighted by Crippen LogP contribution is 2.25. The molecule has 0 atom stereocenters. The number of nitrogens with zero attached hydrogens (tertiary/aromatic N) is 4. The predicted octanol–water partition coefficient (Wildman–Crippen LogP) is 2.69. The SMILES string of the molecule is CNCCOc1cc(N2CCOCC2)cc(CN=Nc2cc(C)ccc2N)n1. The first kappa shape index (κ1) is 20.0. The molecule has 1 aromatic heterocycles. The van der Waals surface area contributed by atoms with Crippen LogP contribution in [0.5, 0.6) is 5.88 Å². The van der Waals surface area contributed by atoms with Crippen molar-refractivity contribution in [1.29, 1.82) is 0 Å². The van der Waals surface area contributed by atoms with Gasteiger partial charge in [-0.1, -0.05) is 6.07 Å². The van der Waals surface area contributed by atoms with E-state index in [1.807, 2.05) is 44.3 Å². The quantitative estimate of drug-likeness (QED) is 0.413. The molecular formula is C20H28N6O2. The van der Waals surface area contributed by atoms with Gasteiger partial charge in [-0.15, -0.1) is 0 Å². The smallest absolute Gasteiger partial charge is 0.215 e. The van der Waals surface area contributed by atoms with Crippen molar-refractivity contribution in [2.45, 2.75) is 13.5 Å². The first-order chi connectivity index (χ1) is 13.7. The summed E-state index contributed by atoms with van der Waals surface area (Å²) in [4.78, 5) is 6.85. The molecule has 1 aromatic carbocycles. The summed E-state index contributed by atoms with van der Waals surface area (Å²) in [6.45, 7) is 6.80. The number of hydrogen-bond donors (Lipinski definition) is 2. The minimum absolute atomic E-state index is 0.355. The van der Waals surface area contributed by atoms with Crippen molar-refractivity contribution in [3.05, 3.63) is 41.6 Å². The van der Waals surface area contributed by atoms with E-state index in [0.29, 0.717) is 30.4 Å². The second kappa shape index (κ2) is 10.0. The van der Waals surface area contributed by atoms with Gasteiger partial charge in [-0.2, -0.15) is 10.2 Å². The van der Waals surface area contributed by atoms with E-state index < -0.39 is 0 Å². The summed E-state index contributed by atoms with van der Waals surface area (Å²) in [6.07, 6.45) is 0. The molecule has 1 aliphatic heterocycles. The number of aromatic nitrogens is 1. The summed E-state index contributed by atoms with van der Waals surface area (Å²) in [5.74, 6) is 0.597. The molecule has 1 aliphatic rings. The van der Waals surface area contributed by atoms with E-state index >= 15 is 0 Å². The highest BCUT2D eigenvalue weighted by molar-refractivity contribution is 5.62. The van der Waals surface area contributed by atoms with Gasteiger partial charge < -0.3 is 25.4 Å². The molecule has 2 aromatic rings. The number of nitrogens with two attached hydrogens (primary N) is 1. The number of aryl methyl sites for hydroxylation is 1. The Morgan fingerprint density at radius 1 is 1.25 bits per heavy atom. The average molecular weight is 384 g/mol. The molecule has 3 rings (SSSR count). The molecule has 8 nitrogen and oxygen atoms in total. The zero-order valence-electron chi connectivity index (χ0n) is 16.5. The lowest BCUT2D eigenvalue weighted by molar-refractivity contribution is 0.122. The molecule has 150 valence electrons. The Balaban J connectivity index is 1.76. The third-order valence-electron chi connectivity index (χ3n) is 4.41. The maximum Gasteiger partial charge on any atom is 0.215 e. The molecule has 28 heavy (non-hydrogen) atoms. The van der Waals surface area contributed by atoms with Gasteiger partial charge in [-0.25, -0.2) is 4.98 Å². The van der Waals surface area contributed by atoms with E-state index in [-0.39, 0.29) is 0 Å². The van der Waals surface area contributed by atoms with Crippen LogP contribution in [0.4, 0.5) is 17.1 Å². The zero-order valence-corrected chi connectivity index (χ0v) is 16.5. The average Bonchev–Trinajstić information content (AvgIpc) is 2.71. The largest absolute Gasteiger partial charge is 0.476 e. The summed E-state index contributed by atoms with van der Waals surface area (Å²) in [5, 5.41) is 11.7. The van der Waals surface area contributed by atoms with Crippen LogP contribution in [-0.4, -0.2) is 51.5 Å². The molecule has 0 saturated carbocycles. The molecular weight excluding hydrogens is 356 g/mol. The van der Waals surface area contributed by atoms with Gasteiger partial charge in [0.1, 0.15) is 18.8 Å². The van der Waals surface area contributed by atoms with Crippen LogP contribution in [0.1, 0.15) is 11.3 Å². The number of ether oxygens (including phenoxy) is 2. The van der Waals surface area contributed by atoms with Crippen molar-refractivity contribution in [2.24, 2.45) is 10.2 Å². The summed E-state index contributed by atoms with van der Waals surface area (Å²) >= 11 is 0. The molecule has 0 amide bonds. The number of rotatable bonds is 8. The van der Waals surface area contributed by atoms with Gasteiger partial charge in [0.05, 0.1) is 24.6 Å². The first-order valence-electron chi connectivity index (χ1n) is 9.50. The normalized spacial score (nSPS) is 14.6. The van der Waals surface area contributed by atoms with E-state index in [0.717, 1.165) is 49.8 Å². The molecule has 1 saturated heterocycles. The van der Waals surface area contributed by atoms with Crippen molar-refractivity contribution in [3.63, 3.8) is 0 Å². The molecule has 0 aliphatic carbocycles. The first-order valence-corrected chi connectivity index (χ1v) is 9.50. The fourth-order valence-electron chi connectivity index (χ4n) is 2.89. The van der Waals surface area contributed by atoms with Gasteiger partial charge in [0.25, 0.3) is 0 Å². The zero-order chi connectivity index (χ0) is 19.8. The number of nitrogen functional groups attached to an aromatic ring is 1. The number of anilines is 2. The molecule has 0 bridgehead atoms. The van der Waals surface area contributed by atoms with Crippen molar-refractivity contribution in [1.82, 2.24) is 10.3 Å². The molecule has 0 spiro atoms. The van der Waals surface area contributed by atoms with E-state index in [9.17, 15) is 0 Å². The van der Waals surface area contributed by atoms with E-state index in [1.54, 1.807) is 0 Å². The Kier molecular flexibility index (Phi) is 7.16. The van der Waals surface area contributed by atoms with Crippen LogP contribution in [0, 0.1) is 6.92 Å². The fourth-order valence-corrected chi connectivity index (χ4v) is 2.89. The maximum absolute atomic E-state index is 5.97. The van der Waals surface area contributed by atoms with Gasteiger partial charge in [0.15, 0.2) is 0 Å². The molecule has 8 heteroatoms. The summed E-state index contributed by atoms with van der Waals surface area (Å²) in [7, 11) is 1.89. The number of morpholine rings is 1. The summed E-state index contributed by atoms with van der Waals surface area (Å²) in [5.41, 5.74) is 10.2. The van der Waals surface area contributed by atoms with E-state index in [4.69, 9.17) is 15.2 Å². The standard InChI is InChI=1S/C20H28N6O2/c1-15-3-4-18(21)19(11-15)25-23-14-16-12-17(26-6-9-27-10-7-26)13-20(24-16)28-8-5-22-2/h3-4,11-13,22H,5-10,14,21H2,1-2H3. The highest BCUT2D eigenvalue weighted by atomic mass is 16.5. The lowest BCUT2D eigenvalue weighted by Crippen LogP contribution is -2.36. The molecule has 2 heterocycles. The highest BCUT2D eigenvalue weighted by Gasteiger charge is 2.14. The number of pyridine rings is 1. The fraction of sp³-hybridized carbons (Fsp3) is 0.450. The Bertz CT molecular complexity index is 805. The second-order valence-electron chi connectivity index (χ2n) is 6.67. The van der Waals surface area contributed by atoms with Crippen molar-refractivity contribution in [2.75, 3.05) is 57.1 Å².